The molecule has 11 heteroatoms. The molecule has 3 aromatic rings. The van der Waals surface area contributed by atoms with Crippen molar-refractivity contribution in [2.45, 2.75) is 44.8 Å². The highest BCUT2D eigenvalue weighted by Gasteiger charge is 2.46. The number of fused-ring (bicyclic) bond motifs is 6. The maximum Gasteiger partial charge on any atom is 0.514 e. The SMILES string of the molecule is C=CCOC(=O)Oc1c(C)c2c(c3c1C[C@H]1c4c(cc(C)c(OC)c4O)C[C@H](NC)CN1[C@H]3CNC(=O)/C=C/c1ccccc1)OCO2. The molecule has 0 aromatic heterocycles. The zero-order chi connectivity index (χ0) is 33.9. The number of methoxy groups -OCH3 is 1. The standard InChI is InChI=1S/C37H41N3O8/c1-6-14-45-37(43)48-34-22(3)35-36(47-20-46-35)31-26(34)17-27-30-24(15-21(2)33(44-5)32(30)42)16-25(38-4)19-40(27)28(31)18-39-29(41)13-12-23-10-8-7-9-11-23/h6-13,15,25,27-28,38,42H,1,14,16-20H2,2-5H3,(H,39,41)/b13-12+/t25-,27-,28-/m0/s1. The van der Waals surface area contributed by atoms with Crippen molar-refractivity contribution < 1.29 is 38.4 Å². The van der Waals surface area contributed by atoms with E-state index < -0.39 is 12.2 Å². The van der Waals surface area contributed by atoms with Gasteiger partial charge in [0.05, 0.1) is 13.2 Å². The van der Waals surface area contributed by atoms with E-state index >= 15 is 0 Å². The summed E-state index contributed by atoms with van der Waals surface area (Å²) in [6, 6.07) is 10.8. The smallest absolute Gasteiger partial charge is 0.504 e. The van der Waals surface area contributed by atoms with E-state index in [-0.39, 0.29) is 43.7 Å². The number of carbonyl (C=O) groups is 2. The molecular formula is C37H41N3O8. The molecule has 3 atom stereocenters. The molecule has 48 heavy (non-hydrogen) atoms. The first kappa shape index (κ1) is 32.9. The molecule has 3 N–H and O–H groups in total. The molecule has 3 heterocycles. The molecule has 0 fully saturated rings. The minimum absolute atomic E-state index is 0.00542. The lowest BCUT2D eigenvalue weighted by atomic mass is 9.81. The molecule has 1 amide bonds. The van der Waals surface area contributed by atoms with Crippen molar-refractivity contribution in [1.29, 1.82) is 0 Å². The molecule has 0 aliphatic carbocycles. The van der Waals surface area contributed by atoms with E-state index in [1.54, 1.807) is 13.2 Å². The van der Waals surface area contributed by atoms with E-state index in [0.717, 1.165) is 27.8 Å². The predicted molar refractivity (Wildman–Crippen MR) is 180 cm³/mol. The lowest BCUT2D eigenvalue weighted by Crippen LogP contribution is -2.48. The number of phenolic OH excluding ortho intramolecular Hbond substituents is 1. The number of aryl methyl sites for hydroxylation is 1. The largest absolute Gasteiger partial charge is 0.514 e. The van der Waals surface area contributed by atoms with Crippen LogP contribution in [0.4, 0.5) is 4.79 Å². The first-order chi connectivity index (χ1) is 23.2. The van der Waals surface area contributed by atoms with Crippen LogP contribution in [0.5, 0.6) is 28.7 Å². The molecule has 0 saturated heterocycles. The number of nitrogens with one attached hydrogen (secondary N) is 2. The third-order valence-electron chi connectivity index (χ3n) is 9.28. The highest BCUT2D eigenvalue weighted by atomic mass is 16.7. The summed E-state index contributed by atoms with van der Waals surface area (Å²) < 4.78 is 28.8. The summed E-state index contributed by atoms with van der Waals surface area (Å²) in [6.45, 7) is 8.09. The lowest BCUT2D eigenvalue weighted by molar-refractivity contribution is -0.116. The third-order valence-corrected chi connectivity index (χ3v) is 9.28. The van der Waals surface area contributed by atoms with Gasteiger partial charge in [-0.25, -0.2) is 4.79 Å². The molecule has 6 rings (SSSR count). The number of rotatable bonds is 9. The van der Waals surface area contributed by atoms with Crippen LogP contribution in [0.2, 0.25) is 0 Å². The number of phenols is 1. The number of nitrogens with zero attached hydrogens (tertiary/aromatic N) is 1. The Hall–Kier alpha value is -5.00. The molecule has 0 bridgehead atoms. The van der Waals surface area contributed by atoms with Crippen LogP contribution in [0.15, 0.2) is 55.1 Å². The minimum Gasteiger partial charge on any atom is -0.504 e. The summed E-state index contributed by atoms with van der Waals surface area (Å²) in [6.07, 6.45) is 4.86. The normalized spacial score (nSPS) is 19.5. The van der Waals surface area contributed by atoms with Gasteiger partial charge in [0, 0.05) is 53.5 Å². The van der Waals surface area contributed by atoms with Crippen LogP contribution in [0.1, 0.15) is 51.0 Å². The van der Waals surface area contributed by atoms with Crippen LogP contribution in [-0.4, -0.2) is 68.8 Å². The van der Waals surface area contributed by atoms with Gasteiger partial charge in [-0.15, -0.1) is 0 Å². The minimum atomic E-state index is -0.881. The fraction of sp³-hybridized carbons (Fsp3) is 0.351. The summed E-state index contributed by atoms with van der Waals surface area (Å²) in [5.74, 6) is 1.53. The summed E-state index contributed by atoms with van der Waals surface area (Å²) in [7, 11) is 3.46. The van der Waals surface area contributed by atoms with Crippen molar-refractivity contribution in [1.82, 2.24) is 15.5 Å². The van der Waals surface area contributed by atoms with Crippen LogP contribution >= 0.6 is 0 Å². The zero-order valence-corrected chi connectivity index (χ0v) is 27.6. The van der Waals surface area contributed by atoms with Crippen molar-refractivity contribution in [3.63, 3.8) is 0 Å². The number of benzene rings is 3. The van der Waals surface area contributed by atoms with Gasteiger partial charge in [0.25, 0.3) is 0 Å². The second kappa shape index (κ2) is 14.0. The van der Waals surface area contributed by atoms with Gasteiger partial charge in [-0.2, -0.15) is 0 Å². The first-order valence-electron chi connectivity index (χ1n) is 16.0. The molecule has 0 radical (unpaired) electrons. The number of likely N-dealkylation sites (N-methyl/N-ethyl adjacent to an activating group) is 1. The summed E-state index contributed by atoms with van der Waals surface area (Å²) in [5.41, 5.74) is 5.50. The van der Waals surface area contributed by atoms with Crippen LogP contribution in [0.3, 0.4) is 0 Å². The Balaban J connectivity index is 1.50. The first-order valence-corrected chi connectivity index (χ1v) is 16.0. The Morgan fingerprint density at radius 1 is 1.10 bits per heavy atom. The summed E-state index contributed by atoms with van der Waals surface area (Å²) >= 11 is 0. The Bertz CT molecular complexity index is 1760. The van der Waals surface area contributed by atoms with Crippen LogP contribution in [0.25, 0.3) is 6.08 Å². The van der Waals surface area contributed by atoms with E-state index in [9.17, 15) is 14.7 Å². The van der Waals surface area contributed by atoms with Gasteiger partial charge < -0.3 is 39.4 Å². The molecule has 3 aromatic carbocycles. The van der Waals surface area contributed by atoms with E-state index in [0.29, 0.717) is 53.5 Å². The van der Waals surface area contributed by atoms with Gasteiger partial charge in [-0.1, -0.05) is 49.1 Å². The molecule has 0 unspecified atom stereocenters. The Kier molecular flexibility index (Phi) is 9.61. The van der Waals surface area contributed by atoms with Crippen molar-refractivity contribution in [3.8, 4) is 28.7 Å². The summed E-state index contributed by atoms with van der Waals surface area (Å²) in [5, 5.41) is 18.3. The number of carbonyl (C=O) groups excluding carboxylic acids is 2. The Morgan fingerprint density at radius 2 is 1.88 bits per heavy atom. The maximum atomic E-state index is 13.3. The van der Waals surface area contributed by atoms with Gasteiger partial charge >= 0.3 is 6.16 Å². The van der Waals surface area contributed by atoms with Gasteiger partial charge in [0.1, 0.15) is 12.4 Å². The second-order valence-corrected chi connectivity index (χ2v) is 12.1. The van der Waals surface area contributed by atoms with Gasteiger partial charge in [0.2, 0.25) is 12.7 Å². The van der Waals surface area contributed by atoms with Gasteiger partial charge in [0.15, 0.2) is 23.0 Å². The highest BCUT2D eigenvalue weighted by Crippen LogP contribution is 2.56. The van der Waals surface area contributed by atoms with E-state index in [1.165, 1.54) is 12.2 Å². The second-order valence-electron chi connectivity index (χ2n) is 12.1. The monoisotopic (exact) mass is 655 g/mol. The quantitative estimate of drug-likeness (QED) is 0.125. The van der Waals surface area contributed by atoms with Crippen LogP contribution in [-0.2, 0) is 22.4 Å². The molecule has 0 spiro atoms. The zero-order valence-electron chi connectivity index (χ0n) is 27.6. The van der Waals surface area contributed by atoms with Gasteiger partial charge in [-0.05, 0) is 56.5 Å². The lowest BCUT2D eigenvalue weighted by Gasteiger charge is -2.44. The topological polar surface area (TPSA) is 128 Å². The average molecular weight is 656 g/mol. The molecule has 0 saturated carbocycles. The number of ether oxygens (including phenoxy) is 5. The number of aromatic hydroxyl groups is 1. The predicted octanol–water partition coefficient (Wildman–Crippen LogP) is 5.06. The van der Waals surface area contributed by atoms with Crippen LogP contribution < -0.4 is 29.6 Å². The van der Waals surface area contributed by atoms with E-state index in [1.807, 2.05) is 51.2 Å². The van der Waals surface area contributed by atoms with E-state index in [4.69, 9.17) is 23.7 Å². The van der Waals surface area contributed by atoms with Crippen molar-refractivity contribution >= 4 is 18.1 Å². The number of hydrogen-bond donors (Lipinski definition) is 3. The van der Waals surface area contributed by atoms with Crippen molar-refractivity contribution in [2.75, 3.05) is 40.6 Å². The van der Waals surface area contributed by atoms with Crippen molar-refractivity contribution in [3.05, 3.63) is 94.1 Å². The fourth-order valence-corrected chi connectivity index (χ4v) is 7.15. The molecule has 252 valence electrons. The molecule has 3 aliphatic heterocycles. The van der Waals surface area contributed by atoms with Crippen LogP contribution in [0, 0.1) is 13.8 Å². The average Bonchev–Trinajstić information content (AvgIpc) is 3.52. The molecule has 11 nitrogen and oxygen atoms in total. The molecular weight excluding hydrogens is 614 g/mol. The fourth-order valence-electron chi connectivity index (χ4n) is 7.15. The maximum absolute atomic E-state index is 13.3. The number of hydrogen-bond acceptors (Lipinski definition) is 10. The summed E-state index contributed by atoms with van der Waals surface area (Å²) in [4.78, 5) is 28.4. The van der Waals surface area contributed by atoms with Crippen molar-refractivity contribution in [2.24, 2.45) is 0 Å². The highest BCUT2D eigenvalue weighted by molar-refractivity contribution is 5.91. The van der Waals surface area contributed by atoms with E-state index in [2.05, 4.69) is 28.2 Å². The Labute approximate surface area is 280 Å². The Morgan fingerprint density at radius 3 is 2.60 bits per heavy atom. The number of amides is 1. The molecule has 3 aliphatic rings. The third kappa shape index (κ3) is 6.18. The van der Waals surface area contributed by atoms with Gasteiger partial charge in [-0.3, -0.25) is 9.69 Å².